The van der Waals surface area contributed by atoms with Gasteiger partial charge < -0.3 is 0 Å². The molecular weight excluding hydrogens is 174 g/mol. The number of hydrogen-bond donors (Lipinski definition) is 2. The van der Waals surface area contributed by atoms with Crippen molar-refractivity contribution >= 4 is 10.9 Å². The summed E-state index contributed by atoms with van der Waals surface area (Å²) in [5, 5.41) is 1.18. The molecule has 1 aromatic heterocycles. The molecule has 0 atom stereocenters. The van der Waals surface area contributed by atoms with Crippen molar-refractivity contribution in [3.63, 3.8) is 0 Å². The maximum absolute atomic E-state index is 5.21. The number of rotatable bonds is 3. The Hall–Kier alpha value is -1.45. The molecule has 1 aromatic carbocycles. The maximum Gasteiger partial charge on any atom is 0.0705 e. The van der Waals surface area contributed by atoms with Gasteiger partial charge in [0, 0.05) is 24.0 Å². The van der Waals surface area contributed by atoms with E-state index in [1.54, 1.807) is 0 Å². The third kappa shape index (κ3) is 1.89. The average molecular weight is 187 g/mol. The number of fused-ring (bicyclic) bond motifs is 1. The van der Waals surface area contributed by atoms with E-state index in [1.165, 1.54) is 5.39 Å². The minimum Gasteiger partial charge on any atom is -0.271 e. The Kier molecular flexibility index (Phi) is 2.72. The zero-order valence-corrected chi connectivity index (χ0v) is 7.90. The highest BCUT2D eigenvalue weighted by molar-refractivity contribution is 5.78. The molecule has 0 unspecified atom stereocenters. The molecule has 14 heavy (non-hydrogen) atoms. The molecule has 0 radical (unpaired) electrons. The SMILES string of the molecule is NNCCc1ccc2ccccc2n1. The molecule has 2 aromatic rings. The summed E-state index contributed by atoms with van der Waals surface area (Å²) in [7, 11) is 0. The highest BCUT2D eigenvalue weighted by Gasteiger charge is 1.96. The fourth-order valence-electron chi connectivity index (χ4n) is 1.45. The van der Waals surface area contributed by atoms with E-state index in [0.717, 1.165) is 24.2 Å². The van der Waals surface area contributed by atoms with Crippen molar-refractivity contribution in [2.45, 2.75) is 6.42 Å². The fourth-order valence-corrected chi connectivity index (χ4v) is 1.45. The zero-order valence-electron chi connectivity index (χ0n) is 7.90. The lowest BCUT2D eigenvalue weighted by Crippen LogP contribution is -2.24. The lowest BCUT2D eigenvalue weighted by molar-refractivity contribution is 0.720. The molecule has 2 rings (SSSR count). The Bertz CT molecular complexity index is 426. The van der Waals surface area contributed by atoms with Crippen molar-refractivity contribution in [3.05, 3.63) is 42.1 Å². The third-order valence-electron chi connectivity index (χ3n) is 2.18. The number of hydrazine groups is 1. The van der Waals surface area contributed by atoms with E-state index in [0.29, 0.717) is 0 Å². The smallest absolute Gasteiger partial charge is 0.0705 e. The molecule has 0 saturated heterocycles. The first-order valence-corrected chi connectivity index (χ1v) is 4.68. The number of nitrogens with two attached hydrogens (primary N) is 1. The molecular formula is C11H13N3. The second-order valence-electron chi connectivity index (χ2n) is 3.20. The van der Waals surface area contributed by atoms with Gasteiger partial charge >= 0.3 is 0 Å². The summed E-state index contributed by atoms with van der Waals surface area (Å²) in [6.45, 7) is 0.755. The summed E-state index contributed by atoms with van der Waals surface area (Å²) < 4.78 is 0. The summed E-state index contributed by atoms with van der Waals surface area (Å²) in [6, 6.07) is 12.2. The van der Waals surface area contributed by atoms with Gasteiger partial charge in [-0.2, -0.15) is 0 Å². The van der Waals surface area contributed by atoms with E-state index in [2.05, 4.69) is 22.5 Å². The first kappa shape index (κ1) is 9.12. The number of benzene rings is 1. The van der Waals surface area contributed by atoms with E-state index in [-0.39, 0.29) is 0 Å². The number of nitrogens with zero attached hydrogens (tertiary/aromatic N) is 1. The summed E-state index contributed by atoms with van der Waals surface area (Å²) >= 11 is 0. The summed E-state index contributed by atoms with van der Waals surface area (Å²) in [5.74, 6) is 5.21. The Labute approximate surface area is 82.9 Å². The van der Waals surface area contributed by atoms with Gasteiger partial charge in [-0.25, -0.2) is 0 Å². The monoisotopic (exact) mass is 187 g/mol. The van der Waals surface area contributed by atoms with E-state index in [9.17, 15) is 0 Å². The van der Waals surface area contributed by atoms with Crippen LogP contribution in [0.2, 0.25) is 0 Å². The predicted molar refractivity (Wildman–Crippen MR) is 57.6 cm³/mol. The Morgan fingerprint density at radius 1 is 1.14 bits per heavy atom. The molecule has 3 heteroatoms. The molecule has 0 fully saturated rings. The van der Waals surface area contributed by atoms with Gasteiger partial charge in [0.2, 0.25) is 0 Å². The van der Waals surface area contributed by atoms with Crippen LogP contribution in [0.15, 0.2) is 36.4 Å². The summed E-state index contributed by atoms with van der Waals surface area (Å²) in [4.78, 5) is 4.52. The standard InChI is InChI=1S/C11H13N3/c12-13-8-7-10-6-5-9-3-1-2-4-11(9)14-10/h1-6,13H,7-8,12H2. The van der Waals surface area contributed by atoms with Crippen LogP contribution in [-0.4, -0.2) is 11.5 Å². The summed E-state index contributed by atoms with van der Waals surface area (Å²) in [6.07, 6.45) is 0.862. The van der Waals surface area contributed by atoms with Gasteiger partial charge in [-0.1, -0.05) is 24.3 Å². The minimum absolute atomic E-state index is 0.755. The number of aromatic nitrogens is 1. The van der Waals surface area contributed by atoms with E-state index in [1.807, 2.05) is 24.3 Å². The topological polar surface area (TPSA) is 50.9 Å². The van der Waals surface area contributed by atoms with Crippen LogP contribution in [0.4, 0.5) is 0 Å². The second-order valence-corrected chi connectivity index (χ2v) is 3.20. The van der Waals surface area contributed by atoms with Crippen molar-refractivity contribution in [2.75, 3.05) is 6.54 Å². The van der Waals surface area contributed by atoms with Crippen LogP contribution in [0.5, 0.6) is 0 Å². The van der Waals surface area contributed by atoms with Gasteiger partial charge in [0.25, 0.3) is 0 Å². The molecule has 72 valence electrons. The van der Waals surface area contributed by atoms with Crippen molar-refractivity contribution in [1.29, 1.82) is 0 Å². The number of para-hydroxylation sites is 1. The highest BCUT2D eigenvalue weighted by Crippen LogP contribution is 2.11. The van der Waals surface area contributed by atoms with Crippen LogP contribution in [0.3, 0.4) is 0 Å². The van der Waals surface area contributed by atoms with Crippen LogP contribution in [0.25, 0.3) is 10.9 Å². The molecule has 0 aliphatic rings. The normalized spacial score (nSPS) is 10.6. The summed E-state index contributed by atoms with van der Waals surface area (Å²) in [5.41, 5.74) is 4.74. The third-order valence-corrected chi connectivity index (χ3v) is 2.18. The van der Waals surface area contributed by atoms with Crippen LogP contribution in [-0.2, 0) is 6.42 Å². The largest absolute Gasteiger partial charge is 0.271 e. The molecule has 0 aliphatic heterocycles. The average Bonchev–Trinajstić information content (AvgIpc) is 2.26. The van der Waals surface area contributed by atoms with Crippen molar-refractivity contribution in [3.8, 4) is 0 Å². The number of pyridine rings is 1. The number of nitrogens with one attached hydrogen (secondary N) is 1. The quantitative estimate of drug-likeness (QED) is 0.561. The first-order valence-electron chi connectivity index (χ1n) is 4.68. The van der Waals surface area contributed by atoms with Gasteiger partial charge in [-0.05, 0) is 12.1 Å². The fraction of sp³-hybridized carbons (Fsp3) is 0.182. The van der Waals surface area contributed by atoms with Gasteiger partial charge in [-0.3, -0.25) is 16.3 Å². The van der Waals surface area contributed by atoms with Crippen molar-refractivity contribution < 1.29 is 0 Å². The van der Waals surface area contributed by atoms with E-state index in [4.69, 9.17) is 5.84 Å². The Morgan fingerprint density at radius 2 is 2.00 bits per heavy atom. The van der Waals surface area contributed by atoms with Gasteiger partial charge in [0.15, 0.2) is 0 Å². The molecule has 0 saturated carbocycles. The zero-order chi connectivity index (χ0) is 9.80. The van der Waals surface area contributed by atoms with E-state index < -0.39 is 0 Å². The Balaban J connectivity index is 2.32. The van der Waals surface area contributed by atoms with Crippen LogP contribution in [0.1, 0.15) is 5.69 Å². The van der Waals surface area contributed by atoms with Crippen LogP contribution < -0.4 is 11.3 Å². The molecule has 0 bridgehead atoms. The van der Waals surface area contributed by atoms with Crippen molar-refractivity contribution in [1.82, 2.24) is 10.4 Å². The second kappa shape index (κ2) is 4.17. The van der Waals surface area contributed by atoms with E-state index >= 15 is 0 Å². The lowest BCUT2D eigenvalue weighted by Gasteiger charge is -2.01. The molecule has 0 spiro atoms. The van der Waals surface area contributed by atoms with Gasteiger partial charge in [0.1, 0.15) is 0 Å². The predicted octanol–water partition coefficient (Wildman–Crippen LogP) is 1.24. The molecule has 3 nitrogen and oxygen atoms in total. The van der Waals surface area contributed by atoms with Crippen LogP contribution >= 0.6 is 0 Å². The molecule has 0 aliphatic carbocycles. The molecule has 1 heterocycles. The Morgan fingerprint density at radius 3 is 2.86 bits per heavy atom. The molecule has 3 N–H and O–H groups in total. The van der Waals surface area contributed by atoms with Crippen LogP contribution in [0, 0.1) is 0 Å². The highest BCUT2D eigenvalue weighted by atomic mass is 15.2. The lowest BCUT2D eigenvalue weighted by atomic mass is 10.2. The van der Waals surface area contributed by atoms with Gasteiger partial charge in [0.05, 0.1) is 5.52 Å². The number of hydrogen-bond acceptors (Lipinski definition) is 3. The molecule has 0 amide bonds. The minimum atomic E-state index is 0.755. The maximum atomic E-state index is 5.21. The first-order chi connectivity index (χ1) is 6.90. The van der Waals surface area contributed by atoms with Crippen molar-refractivity contribution in [2.24, 2.45) is 5.84 Å². The van der Waals surface area contributed by atoms with Gasteiger partial charge in [-0.15, -0.1) is 0 Å².